The Morgan fingerprint density at radius 1 is 0.914 bits per heavy atom. The monoisotopic (exact) mass is 476 g/mol. The van der Waals surface area contributed by atoms with E-state index in [9.17, 15) is 4.79 Å². The fraction of sp³-hybridized carbons (Fsp3) is 0.222. The van der Waals surface area contributed by atoms with Crippen LogP contribution in [-0.4, -0.2) is 42.7 Å². The number of nitrogens with one attached hydrogen (secondary N) is 1. The Hall–Kier alpha value is -4.35. The van der Waals surface area contributed by atoms with E-state index in [0.29, 0.717) is 29.4 Å². The number of hydrogen-bond acceptors (Lipinski definition) is 7. The summed E-state index contributed by atoms with van der Waals surface area (Å²) in [4.78, 5) is 10.9. The number of nitriles is 1. The zero-order chi connectivity index (χ0) is 25.6. The van der Waals surface area contributed by atoms with Gasteiger partial charge < -0.3 is 29.8 Å². The first kappa shape index (κ1) is 26.9. The first-order valence-electron chi connectivity index (χ1n) is 10.7. The number of aliphatic hydroxyl groups is 1. The molecule has 0 radical (unpaired) electrons. The van der Waals surface area contributed by atoms with Gasteiger partial charge in [-0.2, -0.15) is 5.26 Å². The number of carbonyl (C=O) groups is 1. The molecule has 0 saturated carbocycles. The number of benzene rings is 3. The molecule has 3 N–H and O–H groups in total. The van der Waals surface area contributed by atoms with Crippen molar-refractivity contribution in [3.05, 3.63) is 89.5 Å². The second-order valence-electron chi connectivity index (χ2n) is 7.28. The van der Waals surface area contributed by atoms with E-state index >= 15 is 0 Å². The zero-order valence-corrected chi connectivity index (χ0v) is 19.6. The molecule has 0 heterocycles. The highest BCUT2D eigenvalue weighted by molar-refractivity contribution is 5.99. The Kier molecular flexibility index (Phi) is 10.8. The third kappa shape index (κ3) is 8.50. The number of carboxylic acid groups (broad SMARTS) is 1. The second-order valence-corrected chi connectivity index (χ2v) is 7.28. The molecule has 0 aromatic heterocycles. The summed E-state index contributed by atoms with van der Waals surface area (Å²) < 4.78 is 16.6. The summed E-state index contributed by atoms with van der Waals surface area (Å²) in [7, 11) is 2.60. The number of nitrogens with zero attached hydrogens (tertiary/aromatic N) is 1. The number of carboxylic acids is 1. The largest absolute Gasteiger partial charge is 0.497 e. The molecule has 3 aromatic rings. The minimum Gasteiger partial charge on any atom is -0.497 e. The summed E-state index contributed by atoms with van der Waals surface area (Å²) in [6.45, 7) is 0.498. The van der Waals surface area contributed by atoms with Crippen molar-refractivity contribution in [1.82, 2.24) is 0 Å². The number of ether oxygens (including phenoxy) is 3. The van der Waals surface area contributed by atoms with Gasteiger partial charge in [-0.1, -0.05) is 24.3 Å². The average molecular weight is 477 g/mol. The first-order chi connectivity index (χ1) is 17.0. The lowest BCUT2D eigenvalue weighted by atomic mass is 9.97. The molecule has 0 saturated heterocycles. The van der Waals surface area contributed by atoms with Crippen molar-refractivity contribution in [2.45, 2.75) is 18.9 Å². The number of hydrogen-bond donors (Lipinski definition) is 3. The molecule has 8 heteroatoms. The zero-order valence-electron chi connectivity index (χ0n) is 19.6. The summed E-state index contributed by atoms with van der Waals surface area (Å²) in [6.07, 6.45) is -0.231. The average Bonchev–Trinajstić information content (AvgIpc) is 2.91. The van der Waals surface area contributed by atoms with Crippen molar-refractivity contribution in [2.24, 2.45) is 0 Å². The quantitative estimate of drug-likeness (QED) is 0.349. The van der Waals surface area contributed by atoms with Crippen molar-refractivity contribution in [1.29, 1.82) is 10.7 Å². The first-order valence-corrected chi connectivity index (χ1v) is 10.7. The summed E-state index contributed by atoms with van der Waals surface area (Å²) in [6, 6.07) is 23.6. The van der Waals surface area contributed by atoms with Gasteiger partial charge in [-0.3, -0.25) is 4.79 Å². The lowest BCUT2D eigenvalue weighted by molar-refractivity contribution is -0.137. The maximum Gasteiger partial charge on any atom is 0.305 e. The maximum absolute atomic E-state index is 10.9. The van der Waals surface area contributed by atoms with E-state index in [-0.39, 0.29) is 13.0 Å². The lowest BCUT2D eigenvalue weighted by Crippen LogP contribution is -2.11. The summed E-state index contributed by atoms with van der Waals surface area (Å²) in [5, 5.41) is 33.2. The van der Waals surface area contributed by atoms with Crippen LogP contribution in [0.15, 0.2) is 72.8 Å². The van der Waals surface area contributed by atoms with Gasteiger partial charge >= 0.3 is 5.97 Å². The molecule has 0 fully saturated rings. The van der Waals surface area contributed by atoms with Crippen LogP contribution in [0.5, 0.6) is 17.2 Å². The smallest absolute Gasteiger partial charge is 0.305 e. The highest BCUT2D eigenvalue weighted by Crippen LogP contribution is 2.23. The van der Waals surface area contributed by atoms with Crippen LogP contribution >= 0.6 is 0 Å². The van der Waals surface area contributed by atoms with Crippen LogP contribution in [0, 0.1) is 16.7 Å². The molecule has 1 atom stereocenters. The predicted octanol–water partition coefficient (Wildman–Crippen LogP) is 4.41. The number of rotatable bonds is 11. The highest BCUT2D eigenvalue weighted by Gasteiger charge is 2.14. The summed E-state index contributed by atoms with van der Waals surface area (Å²) in [5.41, 5.74) is 2.73. The van der Waals surface area contributed by atoms with Crippen LogP contribution < -0.4 is 14.2 Å². The molecule has 0 aliphatic rings. The number of aliphatic hydroxyl groups excluding tert-OH is 1. The van der Waals surface area contributed by atoms with Crippen molar-refractivity contribution in [2.75, 3.05) is 20.8 Å². The molecule has 1 unspecified atom stereocenters. The standard InChI is InChI=1S/C26H24N2O5.CH4O/c1-31-22-10-6-20(7-11-22)25(28)17-33-23-8-2-18(3-9-23)16-32-24-12-4-19(5-13-24)21(15-27)14-26(29)30;1-2/h2-13,21,28H,14,16-17H2,1H3,(H,29,30);2H,1H3. The highest BCUT2D eigenvalue weighted by atomic mass is 16.5. The summed E-state index contributed by atoms with van der Waals surface area (Å²) in [5.74, 6) is 0.328. The van der Waals surface area contributed by atoms with Gasteiger partial charge in [0.2, 0.25) is 0 Å². The van der Waals surface area contributed by atoms with Crippen LogP contribution in [0.25, 0.3) is 0 Å². The third-order valence-corrected chi connectivity index (χ3v) is 4.97. The third-order valence-electron chi connectivity index (χ3n) is 4.97. The molecule has 3 rings (SSSR count). The van der Waals surface area contributed by atoms with E-state index in [1.54, 1.807) is 31.4 Å². The van der Waals surface area contributed by atoms with E-state index < -0.39 is 11.9 Å². The van der Waals surface area contributed by atoms with Crippen molar-refractivity contribution in [3.63, 3.8) is 0 Å². The van der Waals surface area contributed by atoms with Crippen molar-refractivity contribution in [3.8, 4) is 23.3 Å². The Labute approximate surface area is 204 Å². The molecule has 182 valence electrons. The minimum absolute atomic E-state index is 0.153. The summed E-state index contributed by atoms with van der Waals surface area (Å²) >= 11 is 0. The van der Waals surface area contributed by atoms with E-state index in [4.69, 9.17) is 35.1 Å². The van der Waals surface area contributed by atoms with E-state index in [1.807, 2.05) is 54.6 Å². The van der Waals surface area contributed by atoms with Gasteiger partial charge in [-0.25, -0.2) is 0 Å². The SMILES string of the molecule is CO.COc1ccc(C(=N)COc2ccc(COc3ccc(C(C#N)CC(=O)O)cc3)cc2)cc1. The molecule has 0 spiro atoms. The van der Waals surface area contributed by atoms with Crippen LogP contribution in [0.3, 0.4) is 0 Å². The Morgan fingerprint density at radius 2 is 1.46 bits per heavy atom. The Balaban J connectivity index is 0.00000210. The fourth-order valence-electron chi connectivity index (χ4n) is 3.09. The molecule has 0 bridgehead atoms. The van der Waals surface area contributed by atoms with Crippen molar-refractivity contribution < 1.29 is 29.2 Å². The van der Waals surface area contributed by atoms with Gasteiger partial charge in [0.1, 0.15) is 30.5 Å². The fourth-order valence-corrected chi connectivity index (χ4v) is 3.09. The molecule has 35 heavy (non-hydrogen) atoms. The van der Waals surface area contributed by atoms with Gasteiger partial charge in [0.05, 0.1) is 31.2 Å². The number of methoxy groups -OCH3 is 1. The number of aliphatic carboxylic acids is 1. The van der Waals surface area contributed by atoms with E-state index in [1.165, 1.54) is 0 Å². The molecule has 8 nitrogen and oxygen atoms in total. The molecule has 0 amide bonds. The molecule has 0 aliphatic heterocycles. The molecular formula is C27H28N2O6. The Bertz CT molecular complexity index is 1120. The molecule has 3 aromatic carbocycles. The van der Waals surface area contributed by atoms with E-state index in [2.05, 4.69) is 0 Å². The van der Waals surface area contributed by atoms with Crippen LogP contribution in [0.2, 0.25) is 0 Å². The normalized spacial score (nSPS) is 10.7. The minimum atomic E-state index is -1.01. The van der Waals surface area contributed by atoms with Crippen LogP contribution in [0.4, 0.5) is 0 Å². The molecular weight excluding hydrogens is 448 g/mol. The molecule has 0 aliphatic carbocycles. The maximum atomic E-state index is 10.9. The topological polar surface area (TPSA) is 133 Å². The van der Waals surface area contributed by atoms with Gasteiger partial charge in [0.15, 0.2) is 0 Å². The van der Waals surface area contributed by atoms with Gasteiger partial charge in [-0.15, -0.1) is 0 Å². The van der Waals surface area contributed by atoms with Crippen LogP contribution in [-0.2, 0) is 11.4 Å². The Morgan fingerprint density at radius 3 is 2.00 bits per heavy atom. The predicted molar refractivity (Wildman–Crippen MR) is 131 cm³/mol. The van der Waals surface area contributed by atoms with Gasteiger partial charge in [0, 0.05) is 7.11 Å². The van der Waals surface area contributed by atoms with Crippen LogP contribution in [0.1, 0.15) is 29.0 Å². The lowest BCUT2D eigenvalue weighted by Gasteiger charge is -2.11. The van der Waals surface area contributed by atoms with Crippen molar-refractivity contribution >= 4 is 11.7 Å². The van der Waals surface area contributed by atoms with E-state index in [0.717, 1.165) is 24.0 Å². The van der Waals surface area contributed by atoms with Gasteiger partial charge in [-0.05, 0) is 65.2 Å². The van der Waals surface area contributed by atoms with Gasteiger partial charge in [0.25, 0.3) is 0 Å². The second kappa shape index (κ2) is 14.0.